The molecule has 1 aromatic rings. The van der Waals surface area contributed by atoms with E-state index in [0.29, 0.717) is 12.2 Å². The zero-order chi connectivity index (χ0) is 16.7. The van der Waals surface area contributed by atoms with E-state index in [1.807, 2.05) is 13.0 Å². The molecule has 0 heterocycles. The SMILES string of the molecule is CCOC(=O)[C@](C)(NNC(=O)c1ccccc1)C1CCCCC1. The average Bonchev–Trinajstić information content (AvgIpc) is 2.61. The highest BCUT2D eigenvalue weighted by molar-refractivity contribution is 5.94. The molecule has 5 heteroatoms. The molecular formula is C18H26N2O3. The molecule has 2 rings (SSSR count). The largest absolute Gasteiger partial charge is 0.465 e. The average molecular weight is 318 g/mol. The molecule has 23 heavy (non-hydrogen) atoms. The van der Waals surface area contributed by atoms with Gasteiger partial charge in [0.25, 0.3) is 5.91 Å². The van der Waals surface area contributed by atoms with Crippen LogP contribution in [0.5, 0.6) is 0 Å². The summed E-state index contributed by atoms with van der Waals surface area (Å²) in [5.41, 5.74) is 5.31. The summed E-state index contributed by atoms with van der Waals surface area (Å²) in [6, 6.07) is 8.94. The highest BCUT2D eigenvalue weighted by Gasteiger charge is 2.43. The van der Waals surface area contributed by atoms with Crippen molar-refractivity contribution in [3.05, 3.63) is 35.9 Å². The Labute approximate surface area is 137 Å². The Hall–Kier alpha value is -1.88. The van der Waals surface area contributed by atoms with Gasteiger partial charge in [0.2, 0.25) is 0 Å². The minimum absolute atomic E-state index is 0.159. The van der Waals surface area contributed by atoms with Crippen molar-refractivity contribution in [3.8, 4) is 0 Å². The summed E-state index contributed by atoms with van der Waals surface area (Å²) in [5, 5.41) is 0. The summed E-state index contributed by atoms with van der Waals surface area (Å²) < 4.78 is 5.25. The van der Waals surface area contributed by atoms with E-state index in [2.05, 4.69) is 10.9 Å². The fourth-order valence-electron chi connectivity index (χ4n) is 3.13. The van der Waals surface area contributed by atoms with E-state index >= 15 is 0 Å². The Bertz CT molecular complexity index is 526. The number of hydrogen-bond donors (Lipinski definition) is 2. The molecule has 2 N–H and O–H groups in total. The van der Waals surface area contributed by atoms with Crippen LogP contribution in [0.4, 0.5) is 0 Å². The number of ether oxygens (including phenoxy) is 1. The second kappa shape index (κ2) is 8.11. The van der Waals surface area contributed by atoms with E-state index in [9.17, 15) is 9.59 Å². The van der Waals surface area contributed by atoms with Crippen molar-refractivity contribution in [2.75, 3.05) is 6.61 Å². The van der Waals surface area contributed by atoms with E-state index in [-0.39, 0.29) is 17.8 Å². The smallest absolute Gasteiger partial charge is 0.328 e. The summed E-state index contributed by atoms with van der Waals surface area (Å²) in [6.45, 7) is 3.95. The zero-order valence-electron chi connectivity index (χ0n) is 13.9. The summed E-state index contributed by atoms with van der Waals surface area (Å²) in [7, 11) is 0. The molecule has 0 aromatic heterocycles. The van der Waals surface area contributed by atoms with E-state index in [0.717, 1.165) is 25.7 Å². The van der Waals surface area contributed by atoms with Gasteiger partial charge in [-0.3, -0.25) is 10.2 Å². The van der Waals surface area contributed by atoms with Gasteiger partial charge in [-0.1, -0.05) is 37.5 Å². The van der Waals surface area contributed by atoms with Crippen molar-refractivity contribution in [1.29, 1.82) is 0 Å². The van der Waals surface area contributed by atoms with Gasteiger partial charge in [-0.15, -0.1) is 0 Å². The van der Waals surface area contributed by atoms with Gasteiger partial charge < -0.3 is 4.74 Å². The second-order valence-electron chi connectivity index (χ2n) is 6.20. The number of hydrogen-bond acceptors (Lipinski definition) is 4. The molecule has 1 fully saturated rings. The molecular weight excluding hydrogens is 292 g/mol. The molecule has 1 aromatic carbocycles. The van der Waals surface area contributed by atoms with Gasteiger partial charge in [0, 0.05) is 5.56 Å². The van der Waals surface area contributed by atoms with Crippen molar-refractivity contribution in [2.24, 2.45) is 5.92 Å². The number of hydrazine groups is 1. The molecule has 1 atom stereocenters. The number of rotatable bonds is 6. The quantitative estimate of drug-likeness (QED) is 0.625. The zero-order valence-corrected chi connectivity index (χ0v) is 13.9. The van der Waals surface area contributed by atoms with Crippen LogP contribution in [0.1, 0.15) is 56.3 Å². The minimum Gasteiger partial charge on any atom is -0.465 e. The van der Waals surface area contributed by atoms with Crippen LogP contribution in [-0.2, 0) is 9.53 Å². The molecule has 1 aliphatic carbocycles. The number of carbonyl (C=O) groups is 2. The fourth-order valence-corrected chi connectivity index (χ4v) is 3.13. The molecule has 1 aliphatic rings. The van der Waals surface area contributed by atoms with Crippen molar-refractivity contribution >= 4 is 11.9 Å². The predicted molar refractivity (Wildman–Crippen MR) is 88.7 cm³/mol. The third-order valence-electron chi connectivity index (χ3n) is 4.59. The maximum absolute atomic E-state index is 12.5. The Balaban J connectivity index is 2.07. The van der Waals surface area contributed by atoms with Crippen LogP contribution >= 0.6 is 0 Å². The fraction of sp³-hybridized carbons (Fsp3) is 0.556. The number of esters is 1. The number of nitrogens with one attached hydrogen (secondary N) is 2. The highest BCUT2D eigenvalue weighted by Crippen LogP contribution is 2.33. The van der Waals surface area contributed by atoms with Gasteiger partial charge in [0.15, 0.2) is 0 Å². The predicted octanol–water partition coefficient (Wildman–Crippen LogP) is 2.82. The molecule has 0 unspecified atom stereocenters. The van der Waals surface area contributed by atoms with Crippen molar-refractivity contribution in [1.82, 2.24) is 10.9 Å². The Morgan fingerprint density at radius 1 is 1.17 bits per heavy atom. The molecule has 0 bridgehead atoms. The van der Waals surface area contributed by atoms with Crippen LogP contribution in [0.3, 0.4) is 0 Å². The molecule has 0 radical (unpaired) electrons. The third-order valence-corrected chi connectivity index (χ3v) is 4.59. The molecule has 5 nitrogen and oxygen atoms in total. The number of amides is 1. The lowest BCUT2D eigenvalue weighted by atomic mass is 9.76. The van der Waals surface area contributed by atoms with Crippen molar-refractivity contribution in [3.63, 3.8) is 0 Å². The summed E-state index contributed by atoms with van der Waals surface area (Å²) in [5.74, 6) is -0.399. The van der Waals surface area contributed by atoms with Crippen LogP contribution < -0.4 is 10.9 Å². The molecule has 126 valence electrons. The maximum Gasteiger partial charge on any atom is 0.328 e. The first-order valence-electron chi connectivity index (χ1n) is 8.37. The van der Waals surface area contributed by atoms with Crippen LogP contribution in [0.15, 0.2) is 30.3 Å². The van der Waals surface area contributed by atoms with Gasteiger partial charge >= 0.3 is 5.97 Å². The van der Waals surface area contributed by atoms with E-state index in [4.69, 9.17) is 4.74 Å². The lowest BCUT2D eigenvalue weighted by Crippen LogP contribution is -2.62. The maximum atomic E-state index is 12.5. The summed E-state index contributed by atoms with van der Waals surface area (Å²) in [4.78, 5) is 24.7. The first-order valence-corrected chi connectivity index (χ1v) is 8.37. The van der Waals surface area contributed by atoms with E-state index in [1.165, 1.54) is 6.42 Å². The first-order chi connectivity index (χ1) is 11.1. The Morgan fingerprint density at radius 2 is 1.83 bits per heavy atom. The van der Waals surface area contributed by atoms with Crippen molar-refractivity contribution in [2.45, 2.75) is 51.5 Å². The van der Waals surface area contributed by atoms with Crippen LogP contribution in [0.25, 0.3) is 0 Å². The first kappa shape index (κ1) is 17.5. The van der Waals surface area contributed by atoms with Gasteiger partial charge in [-0.2, -0.15) is 0 Å². The standard InChI is InChI=1S/C18H26N2O3/c1-3-23-17(22)18(2,15-12-8-5-9-13-15)20-19-16(21)14-10-6-4-7-11-14/h4,6-7,10-11,15,20H,3,5,8-9,12-13H2,1-2H3,(H,19,21)/t18-/m1/s1. The van der Waals surface area contributed by atoms with Crippen LogP contribution in [0, 0.1) is 5.92 Å². The third kappa shape index (κ3) is 4.32. The van der Waals surface area contributed by atoms with Crippen LogP contribution in [-0.4, -0.2) is 24.0 Å². The molecule has 0 aliphatic heterocycles. The van der Waals surface area contributed by atoms with Crippen LogP contribution in [0.2, 0.25) is 0 Å². The second-order valence-corrected chi connectivity index (χ2v) is 6.20. The monoisotopic (exact) mass is 318 g/mol. The Kier molecular flexibility index (Phi) is 6.16. The van der Waals surface area contributed by atoms with Gasteiger partial charge in [0.1, 0.15) is 5.54 Å². The Morgan fingerprint density at radius 3 is 2.43 bits per heavy atom. The molecule has 0 spiro atoms. The van der Waals surface area contributed by atoms with Gasteiger partial charge in [-0.25, -0.2) is 10.2 Å². The minimum atomic E-state index is -0.902. The summed E-state index contributed by atoms with van der Waals surface area (Å²) >= 11 is 0. The van der Waals surface area contributed by atoms with E-state index in [1.54, 1.807) is 31.2 Å². The number of benzene rings is 1. The highest BCUT2D eigenvalue weighted by atomic mass is 16.5. The molecule has 1 saturated carbocycles. The summed E-state index contributed by atoms with van der Waals surface area (Å²) in [6.07, 6.45) is 5.33. The van der Waals surface area contributed by atoms with Gasteiger partial charge in [-0.05, 0) is 44.7 Å². The topological polar surface area (TPSA) is 67.4 Å². The number of carbonyl (C=O) groups excluding carboxylic acids is 2. The molecule has 0 saturated heterocycles. The normalized spacial score (nSPS) is 18.0. The van der Waals surface area contributed by atoms with E-state index < -0.39 is 5.54 Å². The lowest BCUT2D eigenvalue weighted by molar-refractivity contribution is -0.154. The van der Waals surface area contributed by atoms with Crippen molar-refractivity contribution < 1.29 is 14.3 Å². The van der Waals surface area contributed by atoms with Gasteiger partial charge in [0.05, 0.1) is 6.61 Å². The molecule has 1 amide bonds. The lowest BCUT2D eigenvalue weighted by Gasteiger charge is -2.38.